The minimum atomic E-state index is -1.07. The predicted molar refractivity (Wildman–Crippen MR) is 78.9 cm³/mol. The fourth-order valence-electron chi connectivity index (χ4n) is 3.36. The van der Waals surface area contributed by atoms with Gasteiger partial charge in [-0.05, 0) is 37.3 Å². The average molecular weight is 287 g/mol. The first kappa shape index (κ1) is 14.1. The van der Waals surface area contributed by atoms with E-state index in [1.165, 1.54) is 0 Å². The van der Waals surface area contributed by atoms with Gasteiger partial charge in [0.15, 0.2) is 5.60 Å². The number of piperidine rings is 1. The van der Waals surface area contributed by atoms with Crippen LogP contribution in [0.15, 0.2) is 24.3 Å². The molecular formula is C17H21NO3. The van der Waals surface area contributed by atoms with Crippen molar-refractivity contribution in [1.29, 1.82) is 0 Å². The van der Waals surface area contributed by atoms with Gasteiger partial charge in [-0.25, -0.2) is 4.79 Å². The van der Waals surface area contributed by atoms with Gasteiger partial charge in [-0.2, -0.15) is 0 Å². The van der Waals surface area contributed by atoms with Crippen molar-refractivity contribution in [2.24, 2.45) is 5.92 Å². The summed E-state index contributed by atoms with van der Waals surface area (Å²) in [5.41, 5.74) is 0.409. The Labute approximate surface area is 125 Å². The SMILES string of the molecule is CC1CCCN(C(=O)C2(C)Cc3ccccc3C(=O)O2)C1. The molecule has 0 radical (unpaired) electrons. The second kappa shape index (κ2) is 5.17. The number of cyclic esters (lactones) is 1. The largest absolute Gasteiger partial charge is 0.445 e. The highest BCUT2D eigenvalue weighted by Gasteiger charge is 2.45. The third kappa shape index (κ3) is 2.55. The minimum absolute atomic E-state index is 0.0584. The number of carbonyl (C=O) groups is 2. The van der Waals surface area contributed by atoms with Gasteiger partial charge in [0.05, 0.1) is 5.56 Å². The van der Waals surface area contributed by atoms with Gasteiger partial charge >= 0.3 is 5.97 Å². The zero-order valence-corrected chi connectivity index (χ0v) is 12.6. The maximum absolute atomic E-state index is 12.8. The van der Waals surface area contributed by atoms with E-state index in [-0.39, 0.29) is 5.91 Å². The van der Waals surface area contributed by atoms with Crippen molar-refractivity contribution in [2.45, 2.75) is 38.7 Å². The number of esters is 1. The summed E-state index contributed by atoms with van der Waals surface area (Å²) in [5.74, 6) is 0.0625. The number of nitrogens with zero attached hydrogens (tertiary/aromatic N) is 1. The van der Waals surface area contributed by atoms with Crippen LogP contribution in [0, 0.1) is 5.92 Å². The van der Waals surface area contributed by atoms with Crippen LogP contribution in [0.5, 0.6) is 0 Å². The van der Waals surface area contributed by atoms with Gasteiger partial charge in [0.2, 0.25) is 0 Å². The second-order valence-electron chi connectivity index (χ2n) is 6.45. The molecular weight excluding hydrogens is 266 g/mol. The molecule has 1 amide bonds. The van der Waals surface area contributed by atoms with E-state index in [1.54, 1.807) is 13.0 Å². The predicted octanol–water partition coefficient (Wildman–Crippen LogP) is 2.42. The fourth-order valence-corrected chi connectivity index (χ4v) is 3.36. The molecule has 0 spiro atoms. The zero-order chi connectivity index (χ0) is 15.0. The zero-order valence-electron chi connectivity index (χ0n) is 12.6. The summed E-state index contributed by atoms with van der Waals surface area (Å²) in [5, 5.41) is 0. The lowest BCUT2D eigenvalue weighted by Crippen LogP contribution is -2.55. The van der Waals surface area contributed by atoms with Crippen molar-refractivity contribution < 1.29 is 14.3 Å². The van der Waals surface area contributed by atoms with Crippen LogP contribution in [0.2, 0.25) is 0 Å². The maximum atomic E-state index is 12.8. The lowest BCUT2D eigenvalue weighted by atomic mass is 9.88. The van der Waals surface area contributed by atoms with Gasteiger partial charge in [0.25, 0.3) is 5.91 Å². The van der Waals surface area contributed by atoms with Crippen LogP contribution in [0.3, 0.4) is 0 Å². The molecule has 4 nitrogen and oxygen atoms in total. The number of benzene rings is 1. The van der Waals surface area contributed by atoms with E-state index < -0.39 is 11.6 Å². The summed E-state index contributed by atoms with van der Waals surface area (Å²) in [4.78, 5) is 26.8. The van der Waals surface area contributed by atoms with Crippen LogP contribution in [-0.4, -0.2) is 35.5 Å². The first-order valence-corrected chi connectivity index (χ1v) is 7.60. The van der Waals surface area contributed by atoms with Gasteiger partial charge in [0, 0.05) is 19.5 Å². The van der Waals surface area contributed by atoms with Crippen molar-refractivity contribution in [3.05, 3.63) is 35.4 Å². The van der Waals surface area contributed by atoms with Crippen LogP contribution in [0.4, 0.5) is 0 Å². The molecule has 2 unspecified atom stereocenters. The monoisotopic (exact) mass is 287 g/mol. The molecule has 0 bridgehead atoms. The van der Waals surface area contributed by atoms with Crippen molar-refractivity contribution in [3.8, 4) is 0 Å². The molecule has 2 heterocycles. The van der Waals surface area contributed by atoms with Crippen LogP contribution in [0.25, 0.3) is 0 Å². The first-order chi connectivity index (χ1) is 9.99. The van der Waals surface area contributed by atoms with Gasteiger partial charge in [-0.15, -0.1) is 0 Å². The van der Waals surface area contributed by atoms with Gasteiger partial charge < -0.3 is 9.64 Å². The first-order valence-electron chi connectivity index (χ1n) is 7.60. The van der Waals surface area contributed by atoms with Crippen molar-refractivity contribution >= 4 is 11.9 Å². The minimum Gasteiger partial charge on any atom is -0.445 e. The quantitative estimate of drug-likeness (QED) is 0.745. The molecule has 0 N–H and O–H groups in total. The summed E-state index contributed by atoms with van der Waals surface area (Å²) >= 11 is 0. The molecule has 1 saturated heterocycles. The Morgan fingerprint density at radius 2 is 2.14 bits per heavy atom. The molecule has 0 saturated carbocycles. The average Bonchev–Trinajstić information content (AvgIpc) is 2.46. The Balaban J connectivity index is 1.85. The van der Waals surface area contributed by atoms with E-state index in [4.69, 9.17) is 4.74 Å². The molecule has 1 aromatic carbocycles. The fraction of sp³-hybridized carbons (Fsp3) is 0.529. The van der Waals surface area contributed by atoms with E-state index in [0.29, 0.717) is 17.9 Å². The Hall–Kier alpha value is -1.84. The number of likely N-dealkylation sites (tertiary alicyclic amines) is 1. The molecule has 1 fully saturated rings. The second-order valence-corrected chi connectivity index (χ2v) is 6.45. The van der Waals surface area contributed by atoms with Crippen LogP contribution in [-0.2, 0) is 16.0 Å². The molecule has 112 valence electrons. The topological polar surface area (TPSA) is 46.6 Å². The smallest absolute Gasteiger partial charge is 0.339 e. The number of carbonyl (C=O) groups excluding carboxylic acids is 2. The van der Waals surface area contributed by atoms with E-state index in [9.17, 15) is 9.59 Å². The van der Waals surface area contributed by atoms with Gasteiger partial charge in [-0.1, -0.05) is 25.1 Å². The summed E-state index contributed by atoms with van der Waals surface area (Å²) in [7, 11) is 0. The lowest BCUT2D eigenvalue weighted by molar-refractivity contribution is -0.152. The highest BCUT2D eigenvalue weighted by Crippen LogP contribution is 2.31. The van der Waals surface area contributed by atoms with Crippen molar-refractivity contribution in [2.75, 3.05) is 13.1 Å². The third-order valence-corrected chi connectivity index (χ3v) is 4.48. The Kier molecular flexibility index (Phi) is 3.47. The van der Waals surface area contributed by atoms with E-state index >= 15 is 0 Å². The molecule has 4 heteroatoms. The molecule has 1 aromatic rings. The highest BCUT2D eigenvalue weighted by molar-refractivity contribution is 5.97. The van der Waals surface area contributed by atoms with Gasteiger partial charge in [0.1, 0.15) is 0 Å². The summed E-state index contributed by atoms with van der Waals surface area (Å²) in [6.07, 6.45) is 2.63. The number of amides is 1. The molecule has 2 atom stereocenters. The maximum Gasteiger partial charge on any atom is 0.339 e. The third-order valence-electron chi connectivity index (χ3n) is 4.48. The molecule has 21 heavy (non-hydrogen) atoms. The van der Waals surface area contributed by atoms with E-state index in [1.807, 2.05) is 23.1 Å². The molecule has 0 aromatic heterocycles. The normalized spacial score (nSPS) is 28.8. The highest BCUT2D eigenvalue weighted by atomic mass is 16.6. The van der Waals surface area contributed by atoms with Crippen LogP contribution in [0.1, 0.15) is 42.6 Å². The van der Waals surface area contributed by atoms with E-state index in [2.05, 4.69) is 6.92 Å². The van der Waals surface area contributed by atoms with Gasteiger partial charge in [-0.3, -0.25) is 4.79 Å². The summed E-state index contributed by atoms with van der Waals surface area (Å²) in [6.45, 7) is 5.41. The van der Waals surface area contributed by atoms with Crippen molar-refractivity contribution in [3.63, 3.8) is 0 Å². The number of ether oxygens (including phenoxy) is 1. The molecule has 2 aliphatic rings. The van der Waals surface area contributed by atoms with Crippen LogP contribution < -0.4 is 0 Å². The van der Waals surface area contributed by atoms with E-state index in [0.717, 1.165) is 31.5 Å². The number of rotatable bonds is 1. The van der Waals surface area contributed by atoms with Crippen LogP contribution >= 0.6 is 0 Å². The standard InChI is InChI=1S/C17H21NO3/c1-12-6-5-9-18(11-12)16(20)17(2)10-13-7-3-4-8-14(13)15(19)21-17/h3-4,7-8,12H,5-6,9-11H2,1-2H3. The number of fused-ring (bicyclic) bond motifs is 1. The molecule has 0 aliphatic carbocycles. The Bertz CT molecular complexity index is 583. The lowest BCUT2D eigenvalue weighted by Gasteiger charge is -2.39. The number of hydrogen-bond acceptors (Lipinski definition) is 3. The molecule has 2 aliphatic heterocycles. The summed E-state index contributed by atoms with van der Waals surface area (Å²) < 4.78 is 5.52. The Morgan fingerprint density at radius 1 is 1.38 bits per heavy atom. The Morgan fingerprint density at radius 3 is 2.90 bits per heavy atom. The number of hydrogen-bond donors (Lipinski definition) is 0. The molecule has 3 rings (SSSR count). The van der Waals surface area contributed by atoms with Crippen molar-refractivity contribution in [1.82, 2.24) is 4.90 Å². The summed E-state index contributed by atoms with van der Waals surface area (Å²) in [6, 6.07) is 7.37.